The molecule has 10 nitrogen and oxygen atoms in total. The predicted octanol–water partition coefficient (Wildman–Crippen LogP) is 1.12. The van der Waals surface area contributed by atoms with Crippen LogP contribution in [0.1, 0.15) is 12.6 Å². The quantitative estimate of drug-likeness (QED) is 0.298. The van der Waals surface area contributed by atoms with Crippen molar-refractivity contribution in [2.75, 3.05) is 11.9 Å². The minimum absolute atomic E-state index is 0.00966. The number of hydrogen-bond acceptors (Lipinski definition) is 8. The fraction of sp³-hybridized carbons (Fsp3) is 0.250. The van der Waals surface area contributed by atoms with Gasteiger partial charge in [0.05, 0.1) is 15.4 Å². The second kappa shape index (κ2) is 7.86. The Morgan fingerprint density at radius 3 is 2.84 bits per heavy atom. The van der Waals surface area contributed by atoms with Gasteiger partial charge in [0.15, 0.2) is 11.5 Å². The molecular formula is C12H14BrFN6O4S. The molecule has 0 saturated heterocycles. The first-order valence-corrected chi connectivity index (χ1v) is 9.15. The highest BCUT2D eigenvalue weighted by molar-refractivity contribution is 9.10. The Hall–Kier alpha value is -2.09. The molecule has 0 bridgehead atoms. The van der Waals surface area contributed by atoms with Crippen molar-refractivity contribution in [1.82, 2.24) is 15.8 Å². The number of nitrogens with one attached hydrogen (secondary N) is 2. The molecule has 136 valence electrons. The van der Waals surface area contributed by atoms with Crippen LogP contribution >= 0.6 is 15.9 Å². The van der Waals surface area contributed by atoms with E-state index in [1.807, 2.05) is 5.48 Å². The lowest BCUT2D eigenvalue weighted by atomic mass is 10.3. The Bertz CT molecular complexity index is 887. The SMILES string of the molecule is CC(CNc1nonc1C(=Nc1ccc(F)c(Br)c1)NO)S(N)(=O)=O. The van der Waals surface area contributed by atoms with Gasteiger partial charge in [-0.2, -0.15) is 0 Å². The van der Waals surface area contributed by atoms with Crippen LogP contribution in [0.15, 0.2) is 32.3 Å². The van der Waals surface area contributed by atoms with E-state index in [4.69, 9.17) is 5.14 Å². The van der Waals surface area contributed by atoms with Crippen LogP contribution in [0.3, 0.4) is 0 Å². The Labute approximate surface area is 150 Å². The van der Waals surface area contributed by atoms with Crippen molar-refractivity contribution in [3.63, 3.8) is 0 Å². The fourth-order valence-corrected chi connectivity index (χ4v) is 2.31. The molecule has 0 aliphatic heterocycles. The lowest BCUT2D eigenvalue weighted by Gasteiger charge is -2.10. The van der Waals surface area contributed by atoms with Crippen LogP contribution in [0.5, 0.6) is 0 Å². The summed E-state index contributed by atoms with van der Waals surface area (Å²) in [6.07, 6.45) is 0. The highest BCUT2D eigenvalue weighted by atomic mass is 79.9. The van der Waals surface area contributed by atoms with Gasteiger partial charge in [-0.3, -0.25) is 10.7 Å². The molecule has 1 atom stereocenters. The number of hydroxylamine groups is 1. The standard InChI is InChI=1S/C12H14BrFN6O4S/c1-6(25(15,22)23)5-16-11-10(19-24-20-11)12(18-21)17-7-2-3-9(14)8(13)4-7/h2-4,6,21H,5H2,1H3,(H,16,20)(H,17,18)(H2,15,22,23). The minimum atomic E-state index is -3.73. The molecule has 0 radical (unpaired) electrons. The zero-order chi connectivity index (χ0) is 18.6. The predicted molar refractivity (Wildman–Crippen MR) is 90.6 cm³/mol. The average molecular weight is 437 g/mol. The number of amidine groups is 1. The summed E-state index contributed by atoms with van der Waals surface area (Å²) in [5.41, 5.74) is 2.13. The number of nitrogens with two attached hydrogens (primary N) is 1. The van der Waals surface area contributed by atoms with Crippen LogP contribution in [0.25, 0.3) is 0 Å². The first-order chi connectivity index (χ1) is 11.7. The van der Waals surface area contributed by atoms with Gasteiger partial charge in [0.2, 0.25) is 15.8 Å². The van der Waals surface area contributed by atoms with E-state index in [0.29, 0.717) is 5.69 Å². The van der Waals surface area contributed by atoms with Crippen molar-refractivity contribution in [2.45, 2.75) is 12.2 Å². The van der Waals surface area contributed by atoms with Gasteiger partial charge in [-0.1, -0.05) is 0 Å². The highest BCUT2D eigenvalue weighted by Crippen LogP contribution is 2.23. The van der Waals surface area contributed by atoms with Crippen LogP contribution in [0.2, 0.25) is 0 Å². The van der Waals surface area contributed by atoms with Crippen LogP contribution in [0, 0.1) is 5.82 Å². The number of nitrogens with zero attached hydrogens (tertiary/aromatic N) is 3. The molecule has 0 spiro atoms. The topological polar surface area (TPSA) is 156 Å². The smallest absolute Gasteiger partial charge is 0.213 e. The molecule has 0 fully saturated rings. The van der Waals surface area contributed by atoms with E-state index >= 15 is 0 Å². The zero-order valence-corrected chi connectivity index (χ0v) is 15.2. The maximum atomic E-state index is 13.3. The molecule has 0 saturated carbocycles. The Morgan fingerprint density at radius 1 is 1.52 bits per heavy atom. The normalized spacial score (nSPS) is 13.6. The summed E-state index contributed by atoms with van der Waals surface area (Å²) in [7, 11) is -3.73. The van der Waals surface area contributed by atoms with Gasteiger partial charge in [0.1, 0.15) is 5.82 Å². The van der Waals surface area contributed by atoms with Gasteiger partial charge >= 0.3 is 0 Å². The Kier molecular flexibility index (Phi) is 6.05. The van der Waals surface area contributed by atoms with E-state index in [-0.39, 0.29) is 28.4 Å². The van der Waals surface area contributed by atoms with Crippen molar-refractivity contribution in [2.24, 2.45) is 10.1 Å². The van der Waals surface area contributed by atoms with Crippen LogP contribution in [-0.2, 0) is 10.0 Å². The number of benzene rings is 1. The summed E-state index contributed by atoms with van der Waals surface area (Å²) in [5.74, 6) is -0.581. The first-order valence-electron chi connectivity index (χ1n) is 6.74. The molecule has 2 aromatic rings. The zero-order valence-electron chi connectivity index (χ0n) is 12.8. The van der Waals surface area contributed by atoms with E-state index in [2.05, 4.69) is 41.2 Å². The van der Waals surface area contributed by atoms with Crippen molar-refractivity contribution in [3.8, 4) is 0 Å². The third-order valence-electron chi connectivity index (χ3n) is 3.08. The fourth-order valence-electron chi connectivity index (χ4n) is 1.63. The largest absolute Gasteiger partial charge is 0.364 e. The van der Waals surface area contributed by atoms with Crippen molar-refractivity contribution in [3.05, 3.63) is 34.2 Å². The number of rotatable bonds is 6. The van der Waals surface area contributed by atoms with Crippen molar-refractivity contribution < 1.29 is 22.6 Å². The third kappa shape index (κ3) is 4.94. The first kappa shape index (κ1) is 19.2. The molecule has 1 aromatic carbocycles. The second-order valence-corrected chi connectivity index (χ2v) is 7.75. The molecule has 1 heterocycles. The summed E-state index contributed by atoms with van der Waals surface area (Å²) >= 11 is 3.03. The van der Waals surface area contributed by atoms with Gasteiger partial charge in [-0.05, 0) is 51.4 Å². The molecule has 0 aliphatic rings. The molecule has 1 aromatic heterocycles. The van der Waals surface area contributed by atoms with Crippen LogP contribution < -0.4 is 15.9 Å². The number of halogens is 2. The number of sulfonamides is 1. The summed E-state index contributed by atoms with van der Waals surface area (Å²) in [4.78, 5) is 4.07. The number of anilines is 1. The van der Waals surface area contributed by atoms with Gasteiger partial charge in [-0.25, -0.2) is 27.6 Å². The number of aromatic nitrogens is 2. The molecule has 0 aliphatic carbocycles. The van der Waals surface area contributed by atoms with Crippen molar-refractivity contribution >= 4 is 43.3 Å². The Balaban J connectivity index is 2.25. The van der Waals surface area contributed by atoms with Gasteiger partial charge < -0.3 is 5.32 Å². The lowest BCUT2D eigenvalue weighted by molar-refractivity contribution is 0.234. The second-order valence-electron chi connectivity index (χ2n) is 4.91. The molecule has 2 rings (SSSR count). The highest BCUT2D eigenvalue weighted by Gasteiger charge is 2.20. The minimum Gasteiger partial charge on any atom is -0.364 e. The summed E-state index contributed by atoms with van der Waals surface area (Å²) in [5, 5.41) is 23.3. The molecule has 25 heavy (non-hydrogen) atoms. The number of aliphatic imine (C=N–C) groups is 1. The van der Waals surface area contributed by atoms with E-state index < -0.39 is 21.1 Å². The van der Waals surface area contributed by atoms with E-state index in [0.717, 1.165) is 0 Å². The molecule has 13 heteroatoms. The number of primary sulfonamides is 1. The van der Waals surface area contributed by atoms with Crippen molar-refractivity contribution in [1.29, 1.82) is 0 Å². The monoisotopic (exact) mass is 436 g/mol. The molecule has 0 amide bonds. The van der Waals surface area contributed by atoms with Gasteiger partial charge in [0, 0.05) is 6.54 Å². The average Bonchev–Trinajstić information content (AvgIpc) is 3.01. The summed E-state index contributed by atoms with van der Waals surface area (Å²) in [6.45, 7) is 1.34. The maximum Gasteiger partial charge on any atom is 0.213 e. The van der Waals surface area contributed by atoms with Gasteiger partial charge in [0.25, 0.3) is 0 Å². The van der Waals surface area contributed by atoms with E-state index in [1.54, 1.807) is 0 Å². The third-order valence-corrected chi connectivity index (χ3v) is 4.98. The van der Waals surface area contributed by atoms with Crippen LogP contribution in [0.4, 0.5) is 15.9 Å². The molecule has 5 N–H and O–H groups in total. The Morgan fingerprint density at radius 2 is 2.24 bits per heavy atom. The lowest BCUT2D eigenvalue weighted by Crippen LogP contribution is -2.32. The maximum absolute atomic E-state index is 13.3. The van der Waals surface area contributed by atoms with E-state index in [9.17, 15) is 18.0 Å². The molecular weight excluding hydrogens is 423 g/mol. The molecule has 1 unspecified atom stereocenters. The van der Waals surface area contributed by atoms with Crippen LogP contribution in [-0.4, -0.2) is 41.6 Å². The summed E-state index contributed by atoms with van der Waals surface area (Å²) in [6, 6.07) is 3.95. The van der Waals surface area contributed by atoms with E-state index in [1.165, 1.54) is 25.1 Å². The van der Waals surface area contributed by atoms with Gasteiger partial charge in [-0.15, -0.1) is 0 Å². The number of hydrogen-bond donors (Lipinski definition) is 4. The summed E-state index contributed by atoms with van der Waals surface area (Å²) < 4.78 is 40.5.